The van der Waals surface area contributed by atoms with E-state index in [9.17, 15) is 41.4 Å². The fraction of sp³-hybridized carbons (Fsp3) is 0.517. The SMILES string of the molecule is CC(C)(O)C1CN(C(=O)CC2(O)C3CCC2CC(S(=O)(=O)c2cc(C(=O)Nc4cc(F)c(F)c(F)c4)ccc2Cl)C3)C1. The number of carbonyl (C=O) groups excluding carboxylic acids is 2. The summed E-state index contributed by atoms with van der Waals surface area (Å²) in [4.78, 5) is 27.1. The van der Waals surface area contributed by atoms with Gasteiger partial charge in [0.2, 0.25) is 5.91 Å². The first-order valence-electron chi connectivity index (χ1n) is 13.7. The molecule has 2 saturated carbocycles. The molecule has 2 amide bonds. The highest BCUT2D eigenvalue weighted by molar-refractivity contribution is 7.92. The fourth-order valence-corrected chi connectivity index (χ4v) is 8.91. The van der Waals surface area contributed by atoms with Crippen LogP contribution in [0.2, 0.25) is 5.02 Å². The maximum Gasteiger partial charge on any atom is 0.255 e. The molecule has 1 saturated heterocycles. The zero-order chi connectivity index (χ0) is 30.8. The molecule has 1 heterocycles. The molecule has 8 nitrogen and oxygen atoms in total. The van der Waals surface area contributed by atoms with Crippen molar-refractivity contribution < 1.29 is 41.4 Å². The summed E-state index contributed by atoms with van der Waals surface area (Å²) in [7, 11) is -4.09. The van der Waals surface area contributed by atoms with Crippen LogP contribution in [0.15, 0.2) is 35.2 Å². The summed E-state index contributed by atoms with van der Waals surface area (Å²) in [5.41, 5.74) is -2.76. The number of nitrogens with zero attached hydrogens (tertiary/aromatic N) is 1. The zero-order valence-corrected chi connectivity index (χ0v) is 24.6. The summed E-state index contributed by atoms with van der Waals surface area (Å²) in [6.45, 7) is 4.19. The predicted octanol–water partition coefficient (Wildman–Crippen LogP) is 4.32. The molecule has 0 radical (unpaired) electrons. The maximum atomic E-state index is 13.8. The highest BCUT2D eigenvalue weighted by Crippen LogP contribution is 2.54. The van der Waals surface area contributed by atoms with Gasteiger partial charge >= 0.3 is 0 Å². The second-order valence-corrected chi connectivity index (χ2v) is 14.9. The molecular weight excluding hydrogens is 597 g/mol. The summed E-state index contributed by atoms with van der Waals surface area (Å²) in [6.07, 6.45) is 1.22. The molecule has 228 valence electrons. The quantitative estimate of drug-likeness (QED) is 0.393. The third kappa shape index (κ3) is 5.54. The van der Waals surface area contributed by atoms with E-state index in [1.165, 1.54) is 12.1 Å². The zero-order valence-electron chi connectivity index (χ0n) is 23.0. The Morgan fingerprint density at radius 1 is 1.07 bits per heavy atom. The topological polar surface area (TPSA) is 124 Å². The molecule has 2 aromatic rings. The minimum absolute atomic E-state index is 0.0469. The van der Waals surface area contributed by atoms with Crippen molar-refractivity contribution in [2.75, 3.05) is 18.4 Å². The van der Waals surface area contributed by atoms with Crippen LogP contribution in [0.5, 0.6) is 0 Å². The highest BCUT2D eigenvalue weighted by Gasteiger charge is 2.57. The molecule has 1 aliphatic heterocycles. The van der Waals surface area contributed by atoms with Gasteiger partial charge in [-0.15, -0.1) is 0 Å². The van der Waals surface area contributed by atoms with Crippen molar-refractivity contribution in [2.45, 2.75) is 67.3 Å². The molecule has 2 aliphatic carbocycles. The summed E-state index contributed by atoms with van der Waals surface area (Å²) in [5, 5.41) is 23.0. The number of halogens is 4. The number of carbonyl (C=O) groups is 2. The van der Waals surface area contributed by atoms with Crippen molar-refractivity contribution in [3.63, 3.8) is 0 Å². The average molecular weight is 629 g/mol. The second kappa shape index (κ2) is 10.8. The Bertz CT molecular complexity index is 1500. The van der Waals surface area contributed by atoms with Gasteiger partial charge < -0.3 is 20.4 Å². The van der Waals surface area contributed by atoms with E-state index in [4.69, 9.17) is 11.6 Å². The molecular formula is C29H32ClF3N2O6S. The number of aliphatic hydroxyl groups is 2. The summed E-state index contributed by atoms with van der Waals surface area (Å²) in [6, 6.07) is 4.76. The first kappa shape index (κ1) is 30.8. The predicted molar refractivity (Wildman–Crippen MR) is 148 cm³/mol. The van der Waals surface area contributed by atoms with Crippen LogP contribution < -0.4 is 5.32 Å². The molecule has 0 spiro atoms. The van der Waals surface area contributed by atoms with E-state index in [2.05, 4.69) is 5.32 Å². The van der Waals surface area contributed by atoms with E-state index in [1.807, 2.05) is 0 Å². The minimum atomic E-state index is -4.09. The lowest BCUT2D eigenvalue weighted by Gasteiger charge is -2.48. The Morgan fingerprint density at radius 2 is 1.64 bits per heavy atom. The largest absolute Gasteiger partial charge is 0.390 e. The molecule has 42 heavy (non-hydrogen) atoms. The number of fused-ring (bicyclic) bond motifs is 2. The molecule has 5 rings (SSSR count). The van der Waals surface area contributed by atoms with Crippen LogP contribution in [0.1, 0.15) is 56.3 Å². The number of sulfone groups is 1. The molecule has 0 aromatic heterocycles. The first-order valence-corrected chi connectivity index (χ1v) is 15.6. The normalized spacial score (nSPS) is 26.2. The average Bonchev–Trinajstić information content (AvgIpc) is 3.01. The lowest BCUT2D eigenvalue weighted by atomic mass is 9.72. The number of amides is 2. The van der Waals surface area contributed by atoms with Crippen LogP contribution in [0.4, 0.5) is 18.9 Å². The van der Waals surface area contributed by atoms with Crippen molar-refractivity contribution in [2.24, 2.45) is 17.8 Å². The summed E-state index contributed by atoms with van der Waals surface area (Å²) in [5.74, 6) is -6.70. The van der Waals surface area contributed by atoms with Crippen LogP contribution in [-0.4, -0.2) is 64.9 Å². The number of hydrogen-bond acceptors (Lipinski definition) is 6. The van der Waals surface area contributed by atoms with Gasteiger partial charge in [0.25, 0.3) is 5.91 Å². The lowest BCUT2D eigenvalue weighted by molar-refractivity contribution is -0.154. The van der Waals surface area contributed by atoms with Gasteiger partial charge in [0.1, 0.15) is 0 Å². The van der Waals surface area contributed by atoms with Crippen LogP contribution >= 0.6 is 11.6 Å². The van der Waals surface area contributed by atoms with Crippen molar-refractivity contribution >= 4 is 38.9 Å². The van der Waals surface area contributed by atoms with Crippen LogP contribution in [0.25, 0.3) is 0 Å². The Morgan fingerprint density at radius 3 is 2.19 bits per heavy atom. The number of anilines is 1. The Hall–Kier alpha value is -2.67. The van der Waals surface area contributed by atoms with Gasteiger partial charge in [0.05, 0.1) is 32.8 Å². The number of benzene rings is 2. The van der Waals surface area contributed by atoms with Gasteiger partial charge in [-0.1, -0.05) is 11.6 Å². The minimum Gasteiger partial charge on any atom is -0.390 e. The Balaban J connectivity index is 1.30. The van der Waals surface area contributed by atoms with E-state index >= 15 is 0 Å². The Labute approximate surface area is 246 Å². The molecule has 3 fully saturated rings. The van der Waals surface area contributed by atoms with Gasteiger partial charge in [-0.25, -0.2) is 21.6 Å². The van der Waals surface area contributed by atoms with Gasteiger partial charge in [-0.2, -0.15) is 0 Å². The van der Waals surface area contributed by atoms with Crippen LogP contribution in [0, 0.1) is 35.2 Å². The highest BCUT2D eigenvalue weighted by atomic mass is 35.5. The van der Waals surface area contributed by atoms with Crippen molar-refractivity contribution in [3.05, 3.63) is 58.4 Å². The lowest BCUT2D eigenvalue weighted by Crippen LogP contribution is -2.59. The maximum absolute atomic E-state index is 13.8. The molecule has 3 aliphatic rings. The van der Waals surface area contributed by atoms with Gasteiger partial charge in [-0.3, -0.25) is 9.59 Å². The fourth-order valence-electron chi connectivity index (χ4n) is 6.51. The van der Waals surface area contributed by atoms with Gasteiger partial charge in [0, 0.05) is 42.4 Å². The standard InChI is InChI=1S/C29H32ClF3N2O6S/c1-28(2,38)18-13-35(14-18)25(36)12-29(39)16-4-5-17(29)9-20(8-16)42(40,41)24-7-15(3-6-21(24)30)27(37)34-19-10-22(31)26(33)23(32)11-19/h3,6-7,10-11,16-18,20,38-39H,4-5,8-9,12-14H2,1-2H3,(H,34,37). The van der Waals surface area contributed by atoms with Crippen molar-refractivity contribution in [1.82, 2.24) is 4.90 Å². The number of rotatable bonds is 7. The van der Waals surface area contributed by atoms with Crippen molar-refractivity contribution in [1.29, 1.82) is 0 Å². The molecule has 3 N–H and O–H groups in total. The van der Waals surface area contributed by atoms with Gasteiger partial charge in [0.15, 0.2) is 27.3 Å². The molecule has 2 aromatic carbocycles. The smallest absolute Gasteiger partial charge is 0.255 e. The van der Waals surface area contributed by atoms with E-state index in [-0.39, 0.29) is 52.3 Å². The molecule has 13 heteroatoms. The third-order valence-electron chi connectivity index (χ3n) is 9.22. The number of nitrogens with one attached hydrogen (secondary N) is 1. The molecule has 2 bridgehead atoms. The van der Waals surface area contributed by atoms with E-state index < -0.39 is 61.5 Å². The summed E-state index contributed by atoms with van der Waals surface area (Å²) >= 11 is 6.27. The van der Waals surface area contributed by atoms with E-state index in [0.29, 0.717) is 38.1 Å². The van der Waals surface area contributed by atoms with E-state index in [0.717, 1.165) is 6.07 Å². The second-order valence-electron chi connectivity index (χ2n) is 12.3. The monoisotopic (exact) mass is 628 g/mol. The number of hydrogen-bond donors (Lipinski definition) is 3. The van der Waals surface area contributed by atoms with E-state index in [1.54, 1.807) is 18.7 Å². The third-order valence-corrected chi connectivity index (χ3v) is 11.9. The summed E-state index contributed by atoms with van der Waals surface area (Å²) < 4.78 is 68.0. The van der Waals surface area contributed by atoms with Gasteiger partial charge in [-0.05, 0) is 69.6 Å². The molecule has 2 atom stereocenters. The molecule has 2 unspecified atom stereocenters. The number of likely N-dealkylation sites (tertiary alicyclic amines) is 1. The first-order chi connectivity index (χ1) is 19.5. The van der Waals surface area contributed by atoms with Crippen LogP contribution in [-0.2, 0) is 14.6 Å². The Kier molecular flexibility index (Phi) is 7.91. The van der Waals surface area contributed by atoms with Crippen molar-refractivity contribution in [3.8, 4) is 0 Å². The van der Waals surface area contributed by atoms with Crippen LogP contribution in [0.3, 0.4) is 0 Å².